The number of unbranched alkanes of at least 4 members (excludes halogenated alkanes) is 1. The Bertz CT molecular complexity index is 999. The van der Waals surface area contributed by atoms with Gasteiger partial charge in [-0.1, -0.05) is 50.6 Å². The molecule has 6 nitrogen and oxygen atoms in total. The summed E-state index contributed by atoms with van der Waals surface area (Å²) in [6, 6.07) is 10.1. The molecule has 0 aliphatic carbocycles. The molecule has 0 unspecified atom stereocenters. The number of benzene rings is 1. The molecule has 0 spiro atoms. The number of nitrogens with zero attached hydrogens (tertiary/aromatic N) is 6. The summed E-state index contributed by atoms with van der Waals surface area (Å²) in [7, 11) is 0. The summed E-state index contributed by atoms with van der Waals surface area (Å²) in [5.74, 6) is 1.66. The molecule has 4 rings (SSSR count). The molecule has 0 saturated heterocycles. The second kappa shape index (κ2) is 6.63. The summed E-state index contributed by atoms with van der Waals surface area (Å²) in [6.45, 7) is 5.21. The standard InChI is InChI=1S/C19H22N6/c1-3-5-11-16-20-18-15(13-24(22-18)12-4-2)19-21-17(23-25(16)19)14-9-7-6-8-10-14/h6-10,13H,3-5,11-12H2,1-2H3. The van der Waals surface area contributed by atoms with Crippen LogP contribution in [0.15, 0.2) is 36.5 Å². The Morgan fingerprint density at radius 2 is 1.80 bits per heavy atom. The van der Waals surface area contributed by atoms with Gasteiger partial charge in [0.2, 0.25) is 0 Å². The molecule has 25 heavy (non-hydrogen) atoms. The SMILES string of the molecule is CCCCc1nc2nn(CCC)cc2c2nc(-c3ccccc3)nn12. The van der Waals surface area contributed by atoms with Crippen molar-refractivity contribution in [3.05, 3.63) is 42.4 Å². The van der Waals surface area contributed by atoms with Crippen LogP contribution in [0.3, 0.4) is 0 Å². The van der Waals surface area contributed by atoms with Crippen LogP contribution in [0.25, 0.3) is 28.1 Å². The molecule has 0 bridgehead atoms. The average molecular weight is 334 g/mol. The van der Waals surface area contributed by atoms with Crippen LogP contribution in [0.5, 0.6) is 0 Å². The van der Waals surface area contributed by atoms with E-state index in [0.29, 0.717) is 0 Å². The van der Waals surface area contributed by atoms with E-state index in [0.717, 1.165) is 66.1 Å². The van der Waals surface area contributed by atoms with Crippen LogP contribution >= 0.6 is 0 Å². The molecule has 0 aliphatic heterocycles. The van der Waals surface area contributed by atoms with E-state index >= 15 is 0 Å². The fourth-order valence-corrected chi connectivity index (χ4v) is 3.04. The predicted molar refractivity (Wildman–Crippen MR) is 98.4 cm³/mol. The lowest BCUT2D eigenvalue weighted by atomic mass is 10.2. The maximum Gasteiger partial charge on any atom is 0.186 e. The number of hydrogen-bond donors (Lipinski definition) is 0. The Hall–Kier alpha value is -2.76. The van der Waals surface area contributed by atoms with Gasteiger partial charge in [-0.25, -0.2) is 9.97 Å². The van der Waals surface area contributed by atoms with E-state index in [9.17, 15) is 0 Å². The summed E-state index contributed by atoms with van der Waals surface area (Å²) in [6.07, 6.45) is 6.14. The van der Waals surface area contributed by atoms with Gasteiger partial charge in [0.25, 0.3) is 0 Å². The quantitative estimate of drug-likeness (QED) is 0.536. The van der Waals surface area contributed by atoms with Crippen molar-refractivity contribution in [1.29, 1.82) is 0 Å². The second-order valence-corrected chi connectivity index (χ2v) is 6.30. The molecule has 0 amide bonds. The predicted octanol–water partition coefficient (Wildman–Crippen LogP) is 3.89. The number of aryl methyl sites for hydroxylation is 2. The zero-order chi connectivity index (χ0) is 17.2. The lowest BCUT2D eigenvalue weighted by Crippen LogP contribution is -2.03. The van der Waals surface area contributed by atoms with E-state index in [1.807, 2.05) is 45.7 Å². The fraction of sp³-hybridized carbons (Fsp3) is 0.368. The third-order valence-corrected chi connectivity index (χ3v) is 4.31. The number of rotatable bonds is 6. The van der Waals surface area contributed by atoms with Gasteiger partial charge in [-0.15, -0.1) is 5.10 Å². The van der Waals surface area contributed by atoms with Crippen molar-refractivity contribution in [2.75, 3.05) is 0 Å². The van der Waals surface area contributed by atoms with Crippen molar-refractivity contribution < 1.29 is 0 Å². The average Bonchev–Trinajstić information content (AvgIpc) is 3.24. The maximum atomic E-state index is 4.81. The van der Waals surface area contributed by atoms with Crippen molar-refractivity contribution in [3.63, 3.8) is 0 Å². The van der Waals surface area contributed by atoms with Crippen LogP contribution in [0.2, 0.25) is 0 Å². The number of hydrogen-bond acceptors (Lipinski definition) is 4. The second-order valence-electron chi connectivity index (χ2n) is 6.30. The highest BCUT2D eigenvalue weighted by atomic mass is 15.4. The summed E-state index contributed by atoms with van der Waals surface area (Å²) < 4.78 is 3.86. The Balaban J connectivity index is 1.93. The zero-order valence-electron chi connectivity index (χ0n) is 14.7. The highest BCUT2D eigenvalue weighted by Gasteiger charge is 2.16. The molecule has 0 saturated carbocycles. The van der Waals surface area contributed by atoms with Crippen LogP contribution in [-0.4, -0.2) is 29.4 Å². The summed E-state index contributed by atoms with van der Waals surface area (Å²) in [4.78, 5) is 9.59. The summed E-state index contributed by atoms with van der Waals surface area (Å²) in [5, 5.41) is 10.3. The van der Waals surface area contributed by atoms with Gasteiger partial charge in [0, 0.05) is 24.7 Å². The number of fused-ring (bicyclic) bond motifs is 3. The Labute approximate surface area is 146 Å². The van der Waals surface area contributed by atoms with E-state index < -0.39 is 0 Å². The molecular formula is C19H22N6. The molecule has 0 fully saturated rings. The monoisotopic (exact) mass is 334 g/mol. The molecule has 1 aromatic carbocycles. The lowest BCUT2D eigenvalue weighted by Gasteiger charge is -2.02. The van der Waals surface area contributed by atoms with Crippen molar-refractivity contribution >= 4 is 16.7 Å². The molecular weight excluding hydrogens is 312 g/mol. The Morgan fingerprint density at radius 1 is 0.960 bits per heavy atom. The largest absolute Gasteiger partial charge is 0.270 e. The van der Waals surface area contributed by atoms with Crippen LogP contribution < -0.4 is 0 Å². The maximum absolute atomic E-state index is 4.81. The Morgan fingerprint density at radius 3 is 2.56 bits per heavy atom. The van der Waals surface area contributed by atoms with E-state index in [4.69, 9.17) is 15.1 Å². The minimum Gasteiger partial charge on any atom is -0.270 e. The molecule has 0 N–H and O–H groups in total. The zero-order valence-corrected chi connectivity index (χ0v) is 14.7. The van der Waals surface area contributed by atoms with Gasteiger partial charge in [0.15, 0.2) is 17.1 Å². The van der Waals surface area contributed by atoms with E-state index in [2.05, 4.69) is 18.9 Å². The topological polar surface area (TPSA) is 60.9 Å². The normalized spacial score (nSPS) is 11.6. The first kappa shape index (κ1) is 15.7. The molecule has 3 heterocycles. The van der Waals surface area contributed by atoms with Crippen LogP contribution in [-0.2, 0) is 13.0 Å². The van der Waals surface area contributed by atoms with E-state index in [1.165, 1.54) is 0 Å². The molecule has 3 aromatic heterocycles. The van der Waals surface area contributed by atoms with E-state index in [1.54, 1.807) is 0 Å². The summed E-state index contributed by atoms with van der Waals surface area (Å²) in [5.41, 5.74) is 2.62. The summed E-state index contributed by atoms with van der Waals surface area (Å²) >= 11 is 0. The molecule has 4 aromatic rings. The van der Waals surface area contributed by atoms with Crippen molar-refractivity contribution in [3.8, 4) is 11.4 Å². The third kappa shape index (κ3) is 2.88. The molecule has 0 aliphatic rings. The van der Waals surface area contributed by atoms with Crippen LogP contribution in [0.4, 0.5) is 0 Å². The Kier molecular flexibility index (Phi) is 4.17. The van der Waals surface area contributed by atoms with Gasteiger partial charge >= 0.3 is 0 Å². The third-order valence-electron chi connectivity index (χ3n) is 4.31. The van der Waals surface area contributed by atoms with Crippen molar-refractivity contribution in [1.82, 2.24) is 29.4 Å². The lowest BCUT2D eigenvalue weighted by molar-refractivity contribution is 0.606. The molecule has 128 valence electrons. The highest BCUT2D eigenvalue weighted by Crippen LogP contribution is 2.22. The minimum atomic E-state index is 0.732. The van der Waals surface area contributed by atoms with Gasteiger partial charge in [-0.3, -0.25) is 4.68 Å². The van der Waals surface area contributed by atoms with Crippen molar-refractivity contribution in [2.45, 2.75) is 46.1 Å². The fourth-order valence-electron chi connectivity index (χ4n) is 3.04. The molecule has 0 atom stereocenters. The van der Waals surface area contributed by atoms with Crippen molar-refractivity contribution in [2.24, 2.45) is 0 Å². The van der Waals surface area contributed by atoms with Gasteiger partial charge in [0.1, 0.15) is 5.82 Å². The van der Waals surface area contributed by atoms with Crippen LogP contribution in [0.1, 0.15) is 38.9 Å². The van der Waals surface area contributed by atoms with Gasteiger partial charge in [0.05, 0.1) is 5.39 Å². The van der Waals surface area contributed by atoms with Gasteiger partial charge < -0.3 is 0 Å². The first-order valence-electron chi connectivity index (χ1n) is 8.98. The first-order valence-corrected chi connectivity index (χ1v) is 8.98. The highest BCUT2D eigenvalue weighted by molar-refractivity contribution is 5.89. The first-order chi connectivity index (χ1) is 12.3. The van der Waals surface area contributed by atoms with Crippen LogP contribution in [0, 0.1) is 0 Å². The molecule has 6 heteroatoms. The minimum absolute atomic E-state index is 0.732. The van der Waals surface area contributed by atoms with Gasteiger partial charge in [-0.2, -0.15) is 9.61 Å². The van der Waals surface area contributed by atoms with E-state index in [-0.39, 0.29) is 0 Å². The molecule has 0 radical (unpaired) electrons. The smallest absolute Gasteiger partial charge is 0.186 e. The van der Waals surface area contributed by atoms with Gasteiger partial charge in [-0.05, 0) is 12.8 Å². The number of aromatic nitrogens is 6.